The highest BCUT2D eigenvalue weighted by molar-refractivity contribution is 9.10. The summed E-state index contributed by atoms with van der Waals surface area (Å²) >= 11 is 3.35. The second-order valence-electron chi connectivity index (χ2n) is 6.93. The molecule has 25 heavy (non-hydrogen) atoms. The number of fused-ring (bicyclic) bond motifs is 1. The van der Waals surface area contributed by atoms with Gasteiger partial charge in [-0.2, -0.15) is 0 Å². The number of carbonyl (C=O) groups excluding carboxylic acids is 1. The van der Waals surface area contributed by atoms with Gasteiger partial charge in [0.2, 0.25) is 0 Å². The molecule has 2 unspecified atom stereocenters. The van der Waals surface area contributed by atoms with Crippen LogP contribution in [-0.4, -0.2) is 44.2 Å². The minimum absolute atomic E-state index is 0.0319. The summed E-state index contributed by atoms with van der Waals surface area (Å²) in [5.74, 6) is 1.72. The monoisotopic (exact) mass is 409 g/mol. The normalized spacial score (nSPS) is 20.9. The summed E-state index contributed by atoms with van der Waals surface area (Å²) in [6.07, 6.45) is 1.17. The molecule has 0 saturated carbocycles. The van der Waals surface area contributed by atoms with Gasteiger partial charge in [-0.3, -0.25) is 4.79 Å². The van der Waals surface area contributed by atoms with E-state index in [0.717, 1.165) is 18.5 Å². The van der Waals surface area contributed by atoms with Crippen molar-refractivity contribution in [3.63, 3.8) is 0 Å². The minimum Gasteiger partial charge on any atom is -0.490 e. The van der Waals surface area contributed by atoms with Crippen LogP contribution in [0.1, 0.15) is 30.6 Å². The summed E-state index contributed by atoms with van der Waals surface area (Å²) in [4.78, 5) is 15.0. The third-order valence-corrected chi connectivity index (χ3v) is 4.91. The van der Waals surface area contributed by atoms with E-state index in [0.29, 0.717) is 46.6 Å². The van der Waals surface area contributed by atoms with Gasteiger partial charge in [0.15, 0.2) is 4.67 Å². The van der Waals surface area contributed by atoms with Crippen molar-refractivity contribution in [1.82, 2.24) is 4.90 Å². The first-order valence-corrected chi connectivity index (χ1v) is 9.41. The molecular weight excluding hydrogens is 386 g/mol. The zero-order valence-corrected chi connectivity index (χ0v) is 16.5. The molecule has 2 aromatic rings. The Bertz CT molecular complexity index is 747. The Morgan fingerprint density at radius 3 is 2.64 bits per heavy atom. The number of benzene rings is 1. The van der Waals surface area contributed by atoms with Crippen LogP contribution in [0.2, 0.25) is 0 Å². The summed E-state index contributed by atoms with van der Waals surface area (Å²) in [6.45, 7) is 6.89. The third kappa shape index (κ3) is 4.18. The number of hydrogen-bond acceptors (Lipinski definition) is 4. The fraction of sp³-hybridized carbons (Fsp3) is 0.526. The molecule has 1 aliphatic rings. The van der Waals surface area contributed by atoms with Crippen LogP contribution in [0, 0.1) is 11.8 Å². The molecule has 1 fully saturated rings. The smallest absolute Gasteiger partial charge is 0.254 e. The molecule has 3 rings (SSSR count). The van der Waals surface area contributed by atoms with Crippen molar-refractivity contribution in [2.75, 3.05) is 33.4 Å². The molecule has 5 nitrogen and oxygen atoms in total. The van der Waals surface area contributed by atoms with Gasteiger partial charge < -0.3 is 18.8 Å². The number of amides is 1. The number of halogens is 1. The number of likely N-dealkylation sites (tertiary alicyclic amines) is 1. The van der Waals surface area contributed by atoms with E-state index in [9.17, 15) is 4.79 Å². The second-order valence-corrected chi connectivity index (χ2v) is 7.72. The lowest BCUT2D eigenvalue weighted by Crippen LogP contribution is -2.42. The van der Waals surface area contributed by atoms with Gasteiger partial charge in [-0.25, -0.2) is 0 Å². The lowest BCUT2D eigenvalue weighted by molar-refractivity contribution is 0.0622. The van der Waals surface area contributed by atoms with E-state index >= 15 is 0 Å². The molecule has 1 saturated heterocycles. The number of piperidine rings is 1. The maximum absolute atomic E-state index is 13.0. The van der Waals surface area contributed by atoms with Crippen molar-refractivity contribution in [1.29, 1.82) is 0 Å². The molecule has 1 aliphatic heterocycles. The Hall–Kier alpha value is -1.53. The van der Waals surface area contributed by atoms with Crippen molar-refractivity contribution < 1.29 is 18.7 Å². The number of methoxy groups -OCH3 is 1. The number of furan rings is 1. The third-order valence-electron chi connectivity index (χ3n) is 4.52. The molecule has 0 bridgehead atoms. The van der Waals surface area contributed by atoms with Gasteiger partial charge >= 0.3 is 0 Å². The van der Waals surface area contributed by atoms with Crippen LogP contribution in [0.5, 0.6) is 5.75 Å². The Morgan fingerprint density at radius 1 is 1.24 bits per heavy atom. The van der Waals surface area contributed by atoms with Crippen molar-refractivity contribution in [2.45, 2.75) is 20.3 Å². The van der Waals surface area contributed by atoms with E-state index in [2.05, 4.69) is 29.8 Å². The Morgan fingerprint density at radius 2 is 1.96 bits per heavy atom. The molecule has 1 amide bonds. The zero-order valence-electron chi connectivity index (χ0n) is 14.9. The number of hydrogen-bond donors (Lipinski definition) is 0. The Kier molecular flexibility index (Phi) is 5.69. The van der Waals surface area contributed by atoms with E-state index in [1.54, 1.807) is 13.2 Å². The summed E-state index contributed by atoms with van der Waals surface area (Å²) in [6, 6.07) is 5.47. The van der Waals surface area contributed by atoms with Crippen molar-refractivity contribution in [3.05, 3.63) is 28.4 Å². The molecule has 2 atom stereocenters. The summed E-state index contributed by atoms with van der Waals surface area (Å²) in [7, 11) is 1.63. The summed E-state index contributed by atoms with van der Waals surface area (Å²) in [5, 5.41) is 0.847. The first-order chi connectivity index (χ1) is 12.0. The fourth-order valence-corrected chi connectivity index (χ4v) is 3.97. The molecule has 0 aliphatic carbocycles. The maximum atomic E-state index is 13.0. The Balaban J connectivity index is 1.91. The molecule has 2 heterocycles. The van der Waals surface area contributed by atoms with E-state index in [1.807, 2.05) is 17.0 Å². The van der Waals surface area contributed by atoms with Crippen LogP contribution >= 0.6 is 15.9 Å². The van der Waals surface area contributed by atoms with Gasteiger partial charge in [-0.1, -0.05) is 13.8 Å². The first kappa shape index (κ1) is 18.3. The lowest BCUT2D eigenvalue weighted by atomic mass is 9.91. The van der Waals surface area contributed by atoms with Crippen molar-refractivity contribution >= 4 is 32.8 Å². The van der Waals surface area contributed by atoms with Gasteiger partial charge in [0.05, 0.1) is 12.0 Å². The fourth-order valence-electron chi connectivity index (χ4n) is 3.56. The molecule has 0 radical (unpaired) electrons. The topological polar surface area (TPSA) is 51.9 Å². The van der Waals surface area contributed by atoms with Crippen LogP contribution in [0.4, 0.5) is 0 Å². The molecule has 0 spiro atoms. The van der Waals surface area contributed by atoms with Gasteiger partial charge in [-0.15, -0.1) is 0 Å². The lowest BCUT2D eigenvalue weighted by Gasteiger charge is -2.35. The maximum Gasteiger partial charge on any atom is 0.254 e. The zero-order chi connectivity index (χ0) is 18.0. The van der Waals surface area contributed by atoms with Crippen LogP contribution < -0.4 is 4.74 Å². The van der Waals surface area contributed by atoms with E-state index in [1.165, 1.54) is 6.42 Å². The second kappa shape index (κ2) is 7.79. The highest BCUT2D eigenvalue weighted by atomic mass is 79.9. The predicted octanol–water partition coefficient (Wildman–Crippen LogP) is 4.34. The largest absolute Gasteiger partial charge is 0.490 e. The minimum atomic E-state index is 0.0319. The van der Waals surface area contributed by atoms with Crippen LogP contribution in [0.15, 0.2) is 27.3 Å². The van der Waals surface area contributed by atoms with Gasteiger partial charge in [-0.05, 0) is 46.3 Å². The molecular formula is C19H24BrNO4. The molecule has 1 aromatic heterocycles. The van der Waals surface area contributed by atoms with Crippen LogP contribution in [-0.2, 0) is 4.74 Å². The van der Waals surface area contributed by atoms with Crippen molar-refractivity contribution in [3.8, 4) is 5.75 Å². The number of rotatable bonds is 5. The quantitative estimate of drug-likeness (QED) is 0.689. The number of nitrogens with zero attached hydrogens (tertiary/aromatic N) is 1. The first-order valence-electron chi connectivity index (χ1n) is 8.62. The highest BCUT2D eigenvalue weighted by Gasteiger charge is 2.27. The average Bonchev–Trinajstić information content (AvgIpc) is 2.93. The van der Waals surface area contributed by atoms with E-state index in [-0.39, 0.29) is 5.91 Å². The molecule has 1 aromatic carbocycles. The Labute approximate surface area is 156 Å². The van der Waals surface area contributed by atoms with Gasteiger partial charge in [0.1, 0.15) is 17.9 Å². The predicted molar refractivity (Wildman–Crippen MR) is 100 cm³/mol. The highest BCUT2D eigenvalue weighted by Crippen LogP contribution is 2.33. The van der Waals surface area contributed by atoms with Gasteiger partial charge in [0.25, 0.3) is 5.91 Å². The summed E-state index contributed by atoms with van der Waals surface area (Å²) in [5.41, 5.74) is 1.24. The van der Waals surface area contributed by atoms with Gasteiger partial charge in [0, 0.05) is 31.8 Å². The molecule has 6 heteroatoms. The standard InChI is InChI=1S/C19H24BrNO4/c1-12-6-13(2)11-21(10-12)19(22)14-7-16(24-5-4-23-3)15-9-18(20)25-17(15)8-14/h7-9,12-13H,4-6,10-11H2,1-3H3. The SMILES string of the molecule is COCCOc1cc(C(=O)N2CC(C)CC(C)C2)cc2oc(Br)cc12. The van der Waals surface area contributed by atoms with E-state index in [4.69, 9.17) is 13.9 Å². The number of ether oxygens (including phenoxy) is 2. The van der Waals surface area contributed by atoms with E-state index < -0.39 is 0 Å². The molecule has 0 N–H and O–H groups in total. The summed E-state index contributed by atoms with van der Waals surface area (Å²) < 4.78 is 17.1. The van der Waals surface area contributed by atoms with Crippen molar-refractivity contribution in [2.24, 2.45) is 11.8 Å². The van der Waals surface area contributed by atoms with Crippen LogP contribution in [0.3, 0.4) is 0 Å². The number of carbonyl (C=O) groups is 1. The average molecular weight is 410 g/mol. The molecule has 136 valence electrons. The van der Waals surface area contributed by atoms with Crippen LogP contribution in [0.25, 0.3) is 11.0 Å².